The number of aromatic nitrogens is 1. The molecule has 132 valence electrons. The van der Waals surface area contributed by atoms with Gasteiger partial charge in [0.25, 0.3) is 0 Å². The first-order valence-corrected chi connectivity index (χ1v) is 9.81. The molecule has 0 radical (unpaired) electrons. The molecular weight excluding hydrogens is 397 g/mol. The lowest BCUT2D eigenvalue weighted by Crippen LogP contribution is -2.02. The van der Waals surface area contributed by atoms with Gasteiger partial charge in [0.15, 0.2) is 5.78 Å². The Morgan fingerprint density at radius 1 is 0.926 bits per heavy atom. The van der Waals surface area contributed by atoms with Crippen molar-refractivity contribution < 1.29 is 4.79 Å². The molecule has 0 aliphatic carbocycles. The first-order valence-electron chi connectivity index (χ1n) is 8.24. The van der Waals surface area contributed by atoms with Crippen molar-refractivity contribution >= 4 is 62.2 Å². The maximum atomic E-state index is 13.2. The number of rotatable bonds is 4. The van der Waals surface area contributed by atoms with Gasteiger partial charge in [-0.15, -0.1) is 11.3 Å². The number of carbonyl (C=O) groups is 1. The predicted molar refractivity (Wildman–Crippen MR) is 115 cm³/mol. The highest BCUT2D eigenvalue weighted by Gasteiger charge is 2.19. The van der Waals surface area contributed by atoms with Crippen LogP contribution in [0.1, 0.15) is 20.9 Å². The zero-order valence-electron chi connectivity index (χ0n) is 14.0. The van der Waals surface area contributed by atoms with E-state index in [1.807, 2.05) is 42.5 Å². The first-order chi connectivity index (χ1) is 13.1. The highest BCUT2D eigenvalue weighted by Crippen LogP contribution is 2.32. The Balaban J connectivity index is 1.89. The maximum Gasteiger partial charge on any atom is 0.196 e. The van der Waals surface area contributed by atoms with E-state index in [-0.39, 0.29) is 5.78 Å². The summed E-state index contributed by atoms with van der Waals surface area (Å²) in [7, 11) is 0. The van der Waals surface area contributed by atoms with Gasteiger partial charge in [0.1, 0.15) is 5.01 Å². The summed E-state index contributed by atoms with van der Waals surface area (Å²) in [4.78, 5) is 17.9. The number of fused-ring (bicyclic) bond motifs is 1. The molecule has 5 heteroatoms. The second kappa shape index (κ2) is 7.65. The van der Waals surface area contributed by atoms with Crippen LogP contribution in [0.15, 0.2) is 72.8 Å². The van der Waals surface area contributed by atoms with E-state index in [2.05, 4.69) is 4.98 Å². The molecule has 4 rings (SSSR count). The van der Waals surface area contributed by atoms with Crippen LogP contribution in [0.5, 0.6) is 0 Å². The lowest BCUT2D eigenvalue weighted by Gasteiger charge is -2.06. The Labute approximate surface area is 170 Å². The van der Waals surface area contributed by atoms with Crippen LogP contribution in [-0.2, 0) is 0 Å². The average molecular weight is 410 g/mol. The molecule has 0 saturated carbocycles. The van der Waals surface area contributed by atoms with Gasteiger partial charge in [-0.3, -0.25) is 4.79 Å². The fourth-order valence-corrected chi connectivity index (χ4v) is 4.17. The smallest absolute Gasteiger partial charge is 0.196 e. The van der Waals surface area contributed by atoms with Gasteiger partial charge >= 0.3 is 0 Å². The van der Waals surface area contributed by atoms with Crippen LogP contribution in [0.25, 0.3) is 21.9 Å². The molecule has 0 spiro atoms. The predicted octanol–water partition coefficient (Wildman–Crippen LogP) is 7.03. The maximum absolute atomic E-state index is 13.2. The van der Waals surface area contributed by atoms with Crippen LogP contribution in [0.2, 0.25) is 10.0 Å². The van der Waals surface area contributed by atoms with Crippen molar-refractivity contribution in [3.63, 3.8) is 0 Å². The summed E-state index contributed by atoms with van der Waals surface area (Å²) in [5.41, 5.74) is 2.70. The number of nitrogens with zero attached hydrogens (tertiary/aromatic N) is 1. The summed E-state index contributed by atoms with van der Waals surface area (Å²) in [5.74, 6) is -0.0966. The molecule has 4 aromatic rings. The largest absolute Gasteiger partial charge is 0.288 e. The van der Waals surface area contributed by atoms with Crippen LogP contribution < -0.4 is 0 Å². The number of thiazole rings is 1. The highest BCUT2D eigenvalue weighted by atomic mass is 35.5. The van der Waals surface area contributed by atoms with Gasteiger partial charge in [-0.05, 0) is 35.9 Å². The van der Waals surface area contributed by atoms with Crippen molar-refractivity contribution in [1.82, 2.24) is 4.98 Å². The molecule has 0 bridgehead atoms. The fraction of sp³-hybridized carbons (Fsp3) is 0. The summed E-state index contributed by atoms with van der Waals surface area (Å²) in [6.07, 6.45) is 1.78. The topological polar surface area (TPSA) is 30.0 Å². The Morgan fingerprint density at radius 2 is 1.67 bits per heavy atom. The number of allylic oxidation sites excluding steroid dienone is 1. The van der Waals surface area contributed by atoms with Crippen molar-refractivity contribution in [1.29, 1.82) is 0 Å². The van der Waals surface area contributed by atoms with Crippen molar-refractivity contribution in [3.05, 3.63) is 99.0 Å². The molecule has 1 aromatic heterocycles. The van der Waals surface area contributed by atoms with E-state index in [4.69, 9.17) is 23.2 Å². The van der Waals surface area contributed by atoms with E-state index < -0.39 is 0 Å². The van der Waals surface area contributed by atoms with Crippen molar-refractivity contribution in [2.24, 2.45) is 0 Å². The molecule has 0 aliphatic heterocycles. The van der Waals surface area contributed by atoms with Gasteiger partial charge in [-0.1, -0.05) is 71.7 Å². The summed E-state index contributed by atoms with van der Waals surface area (Å²) in [5, 5.41) is 1.70. The van der Waals surface area contributed by atoms with Crippen LogP contribution in [-0.4, -0.2) is 10.8 Å². The minimum Gasteiger partial charge on any atom is -0.288 e. The molecule has 0 aliphatic rings. The summed E-state index contributed by atoms with van der Waals surface area (Å²) >= 11 is 13.8. The Morgan fingerprint density at radius 3 is 2.41 bits per heavy atom. The standard InChI is InChI=1S/C22H13Cl2NOS/c23-16-11-10-15(18(24)13-16)12-17(21(26)14-6-2-1-3-7-14)22-25-19-8-4-5-9-20(19)27-22/h1-13H. The van der Waals surface area contributed by atoms with Crippen LogP contribution in [0, 0.1) is 0 Å². The molecule has 3 aromatic carbocycles. The van der Waals surface area contributed by atoms with Gasteiger partial charge in [0.2, 0.25) is 0 Å². The zero-order chi connectivity index (χ0) is 18.8. The SMILES string of the molecule is O=C(C(=Cc1ccc(Cl)cc1Cl)c1nc2ccccc2s1)c1ccccc1. The van der Waals surface area contributed by atoms with E-state index in [0.717, 1.165) is 15.8 Å². The van der Waals surface area contributed by atoms with Gasteiger partial charge in [-0.2, -0.15) is 0 Å². The van der Waals surface area contributed by atoms with Crippen molar-refractivity contribution in [2.45, 2.75) is 0 Å². The summed E-state index contributed by atoms with van der Waals surface area (Å²) in [6.45, 7) is 0. The van der Waals surface area contributed by atoms with Gasteiger partial charge in [0, 0.05) is 15.6 Å². The second-order valence-corrected chi connectivity index (χ2v) is 7.78. The van der Waals surface area contributed by atoms with Crippen LogP contribution in [0.4, 0.5) is 0 Å². The number of hydrogen-bond donors (Lipinski definition) is 0. The quantitative estimate of drug-likeness (QED) is 0.267. The molecular formula is C22H13Cl2NOS. The molecule has 0 N–H and O–H groups in total. The van der Waals surface area contributed by atoms with Gasteiger partial charge in [0.05, 0.1) is 15.8 Å². The minimum absolute atomic E-state index is 0.0966. The summed E-state index contributed by atoms with van der Waals surface area (Å²) < 4.78 is 1.03. The molecule has 0 fully saturated rings. The third kappa shape index (κ3) is 3.81. The van der Waals surface area contributed by atoms with Gasteiger partial charge < -0.3 is 0 Å². The fourth-order valence-electron chi connectivity index (χ4n) is 2.73. The van der Waals surface area contributed by atoms with E-state index in [1.165, 1.54) is 11.3 Å². The average Bonchev–Trinajstić information content (AvgIpc) is 3.11. The number of ketones is 1. The minimum atomic E-state index is -0.0966. The third-order valence-electron chi connectivity index (χ3n) is 4.07. The molecule has 0 unspecified atom stereocenters. The monoisotopic (exact) mass is 409 g/mol. The number of carbonyl (C=O) groups excluding carboxylic acids is 1. The number of para-hydroxylation sites is 1. The summed E-state index contributed by atoms with van der Waals surface area (Å²) in [6, 6.07) is 22.2. The number of benzene rings is 3. The third-order valence-corrected chi connectivity index (χ3v) is 5.70. The zero-order valence-corrected chi connectivity index (χ0v) is 16.4. The van der Waals surface area contributed by atoms with E-state index in [0.29, 0.717) is 26.2 Å². The molecule has 27 heavy (non-hydrogen) atoms. The normalized spacial score (nSPS) is 11.7. The molecule has 0 atom stereocenters. The van der Waals surface area contributed by atoms with Crippen molar-refractivity contribution in [2.75, 3.05) is 0 Å². The van der Waals surface area contributed by atoms with Crippen molar-refractivity contribution in [3.8, 4) is 0 Å². The number of Topliss-reactive ketones (excluding diaryl/α,β-unsaturated/α-hetero) is 1. The van der Waals surface area contributed by atoms with E-state index in [9.17, 15) is 4.79 Å². The van der Waals surface area contributed by atoms with E-state index >= 15 is 0 Å². The highest BCUT2D eigenvalue weighted by molar-refractivity contribution is 7.20. The molecule has 2 nitrogen and oxygen atoms in total. The second-order valence-electron chi connectivity index (χ2n) is 5.91. The Bertz CT molecular complexity index is 1130. The number of halogens is 2. The molecule has 0 saturated heterocycles. The lowest BCUT2D eigenvalue weighted by molar-refractivity contribution is 0.105. The Kier molecular flexibility index (Phi) is 5.08. The van der Waals surface area contributed by atoms with Gasteiger partial charge in [-0.25, -0.2) is 4.98 Å². The molecule has 1 heterocycles. The lowest BCUT2D eigenvalue weighted by atomic mass is 10.0. The van der Waals surface area contributed by atoms with E-state index in [1.54, 1.807) is 36.4 Å². The molecule has 0 amide bonds. The number of hydrogen-bond acceptors (Lipinski definition) is 3. The van der Waals surface area contributed by atoms with Crippen LogP contribution in [0.3, 0.4) is 0 Å². The van der Waals surface area contributed by atoms with Crippen LogP contribution >= 0.6 is 34.5 Å². The first kappa shape index (κ1) is 17.9. The Hall–Kier alpha value is -2.46.